The second-order valence-corrected chi connectivity index (χ2v) is 3.29. The summed E-state index contributed by atoms with van der Waals surface area (Å²) in [6, 6.07) is 1.61. The Morgan fingerprint density at radius 2 is 2.50 bits per heavy atom. The second kappa shape index (κ2) is 3.03. The highest BCUT2D eigenvalue weighted by atomic mass is 35.5. The fraction of sp³-hybridized carbons (Fsp3) is 0.167. The van der Waals surface area contributed by atoms with Crippen LogP contribution in [-0.4, -0.2) is 13.4 Å². The summed E-state index contributed by atoms with van der Waals surface area (Å²) in [5, 5.41) is 0. The van der Waals surface area contributed by atoms with Crippen molar-refractivity contribution in [2.75, 3.05) is 7.11 Å². The molecule has 0 spiro atoms. The van der Waals surface area contributed by atoms with Crippen LogP contribution in [0, 0.1) is 0 Å². The number of halogens is 1. The molecule has 1 aromatic rings. The predicted molar refractivity (Wildman–Crippen MR) is 41.3 cm³/mol. The first-order chi connectivity index (χ1) is 4.77. The van der Waals surface area contributed by atoms with Crippen molar-refractivity contribution in [1.82, 2.24) is 0 Å². The monoisotopic (exact) mass is 176 g/mol. The van der Waals surface area contributed by atoms with Crippen molar-refractivity contribution >= 4 is 29.2 Å². The summed E-state index contributed by atoms with van der Waals surface area (Å²) < 4.78 is 5.37. The lowest BCUT2D eigenvalue weighted by Crippen LogP contribution is -1.77. The van der Waals surface area contributed by atoms with Crippen LogP contribution in [0.4, 0.5) is 0 Å². The first-order valence-electron chi connectivity index (χ1n) is 2.56. The molecule has 0 aliphatic heterocycles. The van der Waals surface area contributed by atoms with Crippen LogP contribution in [0.1, 0.15) is 9.67 Å². The van der Waals surface area contributed by atoms with Crippen molar-refractivity contribution < 1.29 is 9.53 Å². The largest absolute Gasteiger partial charge is 0.494 e. The van der Waals surface area contributed by atoms with Crippen molar-refractivity contribution in [1.29, 1.82) is 0 Å². The molecule has 1 rings (SSSR count). The van der Waals surface area contributed by atoms with Crippen LogP contribution in [0.5, 0.6) is 5.75 Å². The van der Waals surface area contributed by atoms with Crippen LogP contribution < -0.4 is 4.74 Å². The van der Waals surface area contributed by atoms with Gasteiger partial charge >= 0.3 is 0 Å². The molecule has 0 amide bonds. The average molecular weight is 177 g/mol. The van der Waals surface area contributed by atoms with E-state index in [1.807, 2.05) is 0 Å². The molecule has 0 saturated carbocycles. The number of thiophene rings is 1. The highest BCUT2D eigenvalue weighted by molar-refractivity contribution is 7.18. The van der Waals surface area contributed by atoms with E-state index in [-0.39, 0.29) is 0 Å². The minimum absolute atomic E-state index is 0.518. The Morgan fingerprint density at radius 3 is 2.80 bits per heavy atom. The highest BCUT2D eigenvalue weighted by Crippen LogP contribution is 2.32. The van der Waals surface area contributed by atoms with Crippen molar-refractivity contribution in [2.45, 2.75) is 0 Å². The van der Waals surface area contributed by atoms with Crippen molar-refractivity contribution in [2.24, 2.45) is 0 Å². The predicted octanol–water partition coefficient (Wildman–Crippen LogP) is 2.22. The van der Waals surface area contributed by atoms with Gasteiger partial charge in [-0.1, -0.05) is 11.6 Å². The van der Waals surface area contributed by atoms with Crippen LogP contribution in [-0.2, 0) is 0 Å². The summed E-state index contributed by atoms with van der Waals surface area (Å²) in [5.41, 5.74) is 0. The van der Waals surface area contributed by atoms with E-state index in [9.17, 15) is 4.79 Å². The molecule has 2 nitrogen and oxygen atoms in total. The molecule has 54 valence electrons. The Hall–Kier alpha value is -0.540. The van der Waals surface area contributed by atoms with E-state index in [2.05, 4.69) is 0 Å². The first kappa shape index (κ1) is 7.57. The lowest BCUT2D eigenvalue weighted by atomic mass is 10.5. The van der Waals surface area contributed by atoms with Crippen LogP contribution in [0.15, 0.2) is 6.07 Å². The molecule has 0 aliphatic rings. The molecule has 0 N–H and O–H groups in total. The maximum atomic E-state index is 10.2. The minimum Gasteiger partial charge on any atom is -0.494 e. The number of hydrogen-bond donors (Lipinski definition) is 0. The van der Waals surface area contributed by atoms with E-state index >= 15 is 0 Å². The molecule has 0 atom stereocenters. The summed E-state index contributed by atoms with van der Waals surface area (Å²) in [6.45, 7) is 0. The van der Waals surface area contributed by atoms with Gasteiger partial charge in [0.1, 0.15) is 10.1 Å². The standard InChI is InChI=1S/C6H5ClO2S/c1-9-5-2-4(3-8)10-6(5)7/h2-3H,1H3. The van der Waals surface area contributed by atoms with Gasteiger partial charge in [-0.2, -0.15) is 0 Å². The van der Waals surface area contributed by atoms with Gasteiger partial charge in [0.2, 0.25) is 0 Å². The fourth-order valence-corrected chi connectivity index (χ4v) is 1.63. The van der Waals surface area contributed by atoms with Crippen LogP contribution in [0.2, 0.25) is 4.34 Å². The van der Waals surface area contributed by atoms with Crippen molar-refractivity contribution in [3.05, 3.63) is 15.3 Å². The van der Waals surface area contributed by atoms with E-state index in [1.165, 1.54) is 18.4 Å². The fourth-order valence-electron chi connectivity index (χ4n) is 0.566. The SMILES string of the molecule is COc1cc(C=O)sc1Cl. The zero-order valence-corrected chi connectivity index (χ0v) is 6.83. The topological polar surface area (TPSA) is 26.3 Å². The first-order valence-corrected chi connectivity index (χ1v) is 3.76. The Kier molecular flexibility index (Phi) is 2.29. The number of aldehydes is 1. The molecule has 0 saturated heterocycles. The number of carbonyl (C=O) groups excluding carboxylic acids is 1. The van der Waals surface area contributed by atoms with Gasteiger partial charge in [-0.3, -0.25) is 4.79 Å². The summed E-state index contributed by atoms with van der Waals surface area (Å²) in [5.74, 6) is 0.564. The second-order valence-electron chi connectivity index (χ2n) is 1.61. The highest BCUT2D eigenvalue weighted by Gasteiger charge is 2.04. The van der Waals surface area contributed by atoms with Gasteiger partial charge in [-0.25, -0.2) is 0 Å². The van der Waals surface area contributed by atoms with Gasteiger partial charge in [0.05, 0.1) is 12.0 Å². The Balaban J connectivity index is 3.03. The number of carbonyl (C=O) groups is 1. The third-order valence-electron chi connectivity index (χ3n) is 1.01. The lowest BCUT2D eigenvalue weighted by Gasteiger charge is -1.91. The van der Waals surface area contributed by atoms with Gasteiger partial charge in [0.15, 0.2) is 6.29 Å². The van der Waals surface area contributed by atoms with Gasteiger partial charge < -0.3 is 4.74 Å². The van der Waals surface area contributed by atoms with Gasteiger partial charge in [-0.05, 0) is 0 Å². The zero-order valence-electron chi connectivity index (χ0n) is 5.26. The summed E-state index contributed by atoms with van der Waals surface area (Å²) >= 11 is 6.87. The third-order valence-corrected chi connectivity index (χ3v) is 2.26. The van der Waals surface area contributed by atoms with E-state index in [0.29, 0.717) is 15.0 Å². The summed E-state index contributed by atoms with van der Waals surface area (Å²) in [6.07, 6.45) is 0.749. The van der Waals surface area contributed by atoms with Crippen LogP contribution in [0.25, 0.3) is 0 Å². The zero-order chi connectivity index (χ0) is 7.56. The van der Waals surface area contributed by atoms with E-state index in [0.717, 1.165) is 6.29 Å². The number of methoxy groups -OCH3 is 1. The molecular weight excluding hydrogens is 172 g/mol. The number of ether oxygens (including phenoxy) is 1. The summed E-state index contributed by atoms with van der Waals surface area (Å²) in [7, 11) is 1.52. The quantitative estimate of drug-likeness (QED) is 0.646. The molecule has 0 aromatic carbocycles. The molecule has 0 radical (unpaired) electrons. The van der Waals surface area contributed by atoms with Crippen molar-refractivity contribution in [3.63, 3.8) is 0 Å². The van der Waals surface area contributed by atoms with Gasteiger partial charge in [0.25, 0.3) is 0 Å². The summed E-state index contributed by atoms with van der Waals surface area (Å²) in [4.78, 5) is 10.8. The maximum absolute atomic E-state index is 10.2. The van der Waals surface area contributed by atoms with E-state index < -0.39 is 0 Å². The number of hydrogen-bond acceptors (Lipinski definition) is 3. The number of rotatable bonds is 2. The molecule has 0 fully saturated rings. The maximum Gasteiger partial charge on any atom is 0.160 e. The molecular formula is C6H5ClO2S. The Bertz CT molecular complexity index is 244. The smallest absolute Gasteiger partial charge is 0.160 e. The molecule has 1 aromatic heterocycles. The normalized spacial score (nSPS) is 9.40. The molecule has 4 heteroatoms. The average Bonchev–Trinajstić information content (AvgIpc) is 2.30. The molecule has 1 heterocycles. The van der Waals surface area contributed by atoms with Crippen molar-refractivity contribution in [3.8, 4) is 5.75 Å². The molecule has 0 bridgehead atoms. The van der Waals surface area contributed by atoms with Gasteiger partial charge in [0, 0.05) is 6.07 Å². The third kappa shape index (κ3) is 1.30. The van der Waals surface area contributed by atoms with E-state index in [4.69, 9.17) is 16.3 Å². The Labute approximate surface area is 67.4 Å². The lowest BCUT2D eigenvalue weighted by molar-refractivity contribution is 0.112. The van der Waals surface area contributed by atoms with Gasteiger partial charge in [-0.15, -0.1) is 11.3 Å². The molecule has 0 aliphatic carbocycles. The Morgan fingerprint density at radius 1 is 1.80 bits per heavy atom. The van der Waals surface area contributed by atoms with E-state index in [1.54, 1.807) is 6.07 Å². The minimum atomic E-state index is 0.518. The van der Waals surface area contributed by atoms with Crippen LogP contribution in [0.3, 0.4) is 0 Å². The molecule has 0 unspecified atom stereocenters. The van der Waals surface area contributed by atoms with Crippen LogP contribution >= 0.6 is 22.9 Å². The molecule has 10 heavy (non-hydrogen) atoms.